The van der Waals surface area contributed by atoms with Crippen LogP contribution in [-0.2, 0) is 4.79 Å². The van der Waals surface area contributed by atoms with Crippen LogP contribution in [0.1, 0.15) is 6.92 Å². The van der Waals surface area contributed by atoms with Crippen LogP contribution in [0.25, 0.3) is 10.9 Å². The maximum Gasteiger partial charge on any atom is 0.328 e. The van der Waals surface area contributed by atoms with Gasteiger partial charge in [-0.3, -0.25) is 4.98 Å². The van der Waals surface area contributed by atoms with E-state index in [1.165, 1.54) is 0 Å². The van der Waals surface area contributed by atoms with Crippen LogP contribution in [0.4, 0.5) is 0 Å². The molecule has 1 heterocycles. The highest BCUT2D eigenvalue weighted by Crippen LogP contribution is 2.19. The third kappa shape index (κ3) is 3.07. The molecule has 0 radical (unpaired) electrons. The fraction of sp³-hybridized carbons (Fsp3) is 0.143. The maximum absolute atomic E-state index is 10.5. The number of carboxylic acids is 1. The molecule has 2 aromatic rings. The third-order valence-corrected chi connectivity index (χ3v) is 2.41. The second-order valence-corrected chi connectivity index (χ2v) is 3.98. The molecule has 2 rings (SSSR count). The van der Waals surface area contributed by atoms with E-state index in [0.717, 1.165) is 17.0 Å². The van der Waals surface area contributed by atoms with Crippen LogP contribution in [0.5, 0.6) is 5.75 Å². The summed E-state index contributed by atoms with van der Waals surface area (Å²) in [5.74, 6) is -0.257. The largest absolute Gasteiger partial charge is 0.489 e. The first-order chi connectivity index (χ1) is 8.65. The van der Waals surface area contributed by atoms with E-state index >= 15 is 0 Å². The standard InChI is InChI=1S/C14H13NO3/c1-10(7-14(16)17)9-18-12-4-5-13-11(8-12)3-2-6-15-13/h2-8H,9H2,1H3,(H,16,17)/b10-7+. The zero-order chi connectivity index (χ0) is 13.0. The summed E-state index contributed by atoms with van der Waals surface area (Å²) in [6, 6.07) is 9.40. The van der Waals surface area contributed by atoms with E-state index in [1.807, 2.05) is 30.3 Å². The van der Waals surface area contributed by atoms with Crippen molar-refractivity contribution in [3.8, 4) is 5.75 Å². The zero-order valence-corrected chi connectivity index (χ0v) is 9.96. The summed E-state index contributed by atoms with van der Waals surface area (Å²) < 4.78 is 5.52. The Morgan fingerprint density at radius 2 is 2.28 bits per heavy atom. The van der Waals surface area contributed by atoms with Gasteiger partial charge in [-0.05, 0) is 36.8 Å². The molecule has 1 aromatic heterocycles. The van der Waals surface area contributed by atoms with Gasteiger partial charge in [-0.1, -0.05) is 6.07 Å². The molecule has 0 unspecified atom stereocenters. The second kappa shape index (κ2) is 5.31. The molecular formula is C14H13NO3. The van der Waals surface area contributed by atoms with Crippen molar-refractivity contribution in [2.24, 2.45) is 0 Å². The van der Waals surface area contributed by atoms with Gasteiger partial charge in [0.15, 0.2) is 0 Å². The number of hydrogen-bond acceptors (Lipinski definition) is 3. The van der Waals surface area contributed by atoms with Crippen molar-refractivity contribution in [3.63, 3.8) is 0 Å². The van der Waals surface area contributed by atoms with Crippen LogP contribution in [0.3, 0.4) is 0 Å². The van der Waals surface area contributed by atoms with E-state index in [-0.39, 0.29) is 6.61 Å². The number of hydrogen-bond donors (Lipinski definition) is 1. The van der Waals surface area contributed by atoms with Crippen molar-refractivity contribution >= 4 is 16.9 Å². The van der Waals surface area contributed by atoms with Gasteiger partial charge in [0.2, 0.25) is 0 Å². The van der Waals surface area contributed by atoms with Crippen molar-refractivity contribution in [2.75, 3.05) is 6.61 Å². The molecule has 0 bridgehead atoms. The second-order valence-electron chi connectivity index (χ2n) is 3.98. The van der Waals surface area contributed by atoms with E-state index in [1.54, 1.807) is 13.1 Å². The van der Waals surface area contributed by atoms with Gasteiger partial charge in [0.25, 0.3) is 0 Å². The Morgan fingerprint density at radius 3 is 3.06 bits per heavy atom. The summed E-state index contributed by atoms with van der Waals surface area (Å²) in [4.78, 5) is 14.7. The minimum absolute atomic E-state index is 0.262. The number of nitrogens with zero attached hydrogens (tertiary/aromatic N) is 1. The Morgan fingerprint density at radius 1 is 1.44 bits per heavy atom. The van der Waals surface area contributed by atoms with Crippen molar-refractivity contribution in [2.45, 2.75) is 6.92 Å². The van der Waals surface area contributed by atoms with Gasteiger partial charge in [-0.2, -0.15) is 0 Å². The molecule has 0 amide bonds. The SMILES string of the molecule is C/C(=C\C(=O)O)COc1ccc2ncccc2c1. The summed E-state index contributed by atoms with van der Waals surface area (Å²) in [6.45, 7) is 1.98. The molecule has 1 aromatic carbocycles. The average Bonchev–Trinajstić information content (AvgIpc) is 2.35. The van der Waals surface area contributed by atoms with Gasteiger partial charge < -0.3 is 9.84 Å². The molecular weight excluding hydrogens is 230 g/mol. The summed E-state index contributed by atoms with van der Waals surface area (Å²) in [6.07, 6.45) is 2.88. The van der Waals surface area contributed by atoms with Crippen molar-refractivity contribution in [1.29, 1.82) is 0 Å². The lowest BCUT2D eigenvalue weighted by Gasteiger charge is -2.06. The Bertz CT molecular complexity index is 605. The Hall–Kier alpha value is -2.36. The van der Waals surface area contributed by atoms with E-state index in [0.29, 0.717) is 11.3 Å². The van der Waals surface area contributed by atoms with Crippen molar-refractivity contribution in [3.05, 3.63) is 48.2 Å². The number of pyridine rings is 1. The van der Waals surface area contributed by atoms with Crippen LogP contribution in [-0.4, -0.2) is 22.7 Å². The molecule has 1 N–H and O–H groups in total. The number of aromatic nitrogens is 1. The number of fused-ring (bicyclic) bond motifs is 1. The molecule has 0 fully saturated rings. The number of carbonyl (C=O) groups is 1. The fourth-order valence-corrected chi connectivity index (χ4v) is 1.59. The third-order valence-electron chi connectivity index (χ3n) is 2.41. The number of carboxylic acid groups (broad SMARTS) is 1. The molecule has 18 heavy (non-hydrogen) atoms. The molecule has 0 saturated carbocycles. The van der Waals surface area contributed by atoms with E-state index < -0.39 is 5.97 Å². The summed E-state index contributed by atoms with van der Waals surface area (Å²) in [5, 5.41) is 9.58. The lowest BCUT2D eigenvalue weighted by Crippen LogP contribution is -2.01. The van der Waals surface area contributed by atoms with E-state index in [4.69, 9.17) is 9.84 Å². The Balaban J connectivity index is 2.10. The highest BCUT2D eigenvalue weighted by Gasteiger charge is 1.99. The van der Waals surface area contributed by atoms with Gasteiger partial charge in [0, 0.05) is 17.7 Å². The molecule has 0 aliphatic rings. The van der Waals surface area contributed by atoms with Gasteiger partial charge in [0.05, 0.1) is 5.52 Å². The summed E-state index contributed by atoms with van der Waals surface area (Å²) >= 11 is 0. The van der Waals surface area contributed by atoms with Crippen molar-refractivity contribution < 1.29 is 14.6 Å². The molecule has 0 aliphatic carbocycles. The molecule has 4 heteroatoms. The predicted molar refractivity (Wildman–Crippen MR) is 68.6 cm³/mol. The number of rotatable bonds is 4. The van der Waals surface area contributed by atoms with E-state index in [9.17, 15) is 4.79 Å². The summed E-state index contributed by atoms with van der Waals surface area (Å²) in [5.41, 5.74) is 1.57. The van der Waals surface area contributed by atoms with Crippen LogP contribution < -0.4 is 4.74 Å². The van der Waals surface area contributed by atoms with E-state index in [2.05, 4.69) is 4.98 Å². The average molecular weight is 243 g/mol. The highest BCUT2D eigenvalue weighted by atomic mass is 16.5. The molecule has 0 saturated heterocycles. The first-order valence-corrected chi connectivity index (χ1v) is 5.53. The lowest BCUT2D eigenvalue weighted by atomic mass is 10.2. The fourth-order valence-electron chi connectivity index (χ4n) is 1.59. The van der Waals surface area contributed by atoms with Gasteiger partial charge in [-0.25, -0.2) is 4.79 Å². The van der Waals surface area contributed by atoms with Gasteiger partial charge >= 0.3 is 5.97 Å². The Kier molecular flexibility index (Phi) is 3.57. The minimum atomic E-state index is -0.959. The highest BCUT2D eigenvalue weighted by molar-refractivity contribution is 5.81. The monoisotopic (exact) mass is 243 g/mol. The zero-order valence-electron chi connectivity index (χ0n) is 9.96. The first-order valence-electron chi connectivity index (χ1n) is 5.53. The summed E-state index contributed by atoms with van der Waals surface area (Å²) in [7, 11) is 0. The number of aliphatic carboxylic acids is 1. The van der Waals surface area contributed by atoms with Crippen LogP contribution in [0.15, 0.2) is 48.2 Å². The normalized spacial score (nSPS) is 11.5. The van der Waals surface area contributed by atoms with Gasteiger partial charge in [0.1, 0.15) is 12.4 Å². The minimum Gasteiger partial charge on any atom is -0.489 e. The van der Waals surface area contributed by atoms with Gasteiger partial charge in [-0.15, -0.1) is 0 Å². The maximum atomic E-state index is 10.5. The predicted octanol–water partition coefficient (Wildman–Crippen LogP) is 2.64. The Labute approximate surface area is 105 Å². The van der Waals surface area contributed by atoms with Crippen LogP contribution in [0.2, 0.25) is 0 Å². The molecule has 0 spiro atoms. The lowest BCUT2D eigenvalue weighted by molar-refractivity contribution is -0.131. The molecule has 4 nitrogen and oxygen atoms in total. The quantitative estimate of drug-likeness (QED) is 0.838. The van der Waals surface area contributed by atoms with Crippen LogP contribution >= 0.6 is 0 Å². The van der Waals surface area contributed by atoms with Crippen molar-refractivity contribution in [1.82, 2.24) is 4.98 Å². The molecule has 92 valence electrons. The number of benzene rings is 1. The molecule has 0 aliphatic heterocycles. The first kappa shape index (κ1) is 12.1. The van der Waals surface area contributed by atoms with Crippen LogP contribution in [0, 0.1) is 0 Å². The smallest absolute Gasteiger partial charge is 0.328 e. The molecule has 0 atom stereocenters. The topological polar surface area (TPSA) is 59.4 Å². The number of ether oxygens (including phenoxy) is 1.